The lowest BCUT2D eigenvalue weighted by atomic mass is 10.1. The molecule has 11 heteroatoms. The van der Waals surface area contributed by atoms with Crippen LogP contribution >= 0.6 is 35.3 Å². The summed E-state index contributed by atoms with van der Waals surface area (Å²) >= 11 is 0.993. The Hall–Kier alpha value is -1.47. The summed E-state index contributed by atoms with van der Waals surface area (Å²) in [5.74, 6) is 0.273. The summed E-state index contributed by atoms with van der Waals surface area (Å²) in [4.78, 5) is 10.2. The average Bonchev–Trinajstić information content (AvgIpc) is 3.12. The van der Waals surface area contributed by atoms with Gasteiger partial charge in [-0.1, -0.05) is 12.1 Å². The van der Waals surface area contributed by atoms with E-state index in [4.69, 9.17) is 0 Å². The Morgan fingerprint density at radius 1 is 1.20 bits per heavy atom. The Balaban J connectivity index is 0.00000450. The smallest absolute Gasteiger partial charge is 0.357 e. The molecule has 1 aromatic heterocycles. The van der Waals surface area contributed by atoms with Crippen molar-refractivity contribution in [3.05, 3.63) is 51.7 Å². The van der Waals surface area contributed by atoms with Crippen molar-refractivity contribution in [1.29, 1.82) is 0 Å². The van der Waals surface area contributed by atoms with Gasteiger partial charge in [0.1, 0.15) is 5.82 Å². The first-order chi connectivity index (χ1) is 13.7. The lowest BCUT2D eigenvalue weighted by molar-refractivity contribution is -0.140. The highest BCUT2D eigenvalue weighted by Gasteiger charge is 2.33. The molecule has 0 saturated carbocycles. The summed E-state index contributed by atoms with van der Waals surface area (Å²) in [5, 5.41) is 7.68. The summed E-state index contributed by atoms with van der Waals surface area (Å²) in [7, 11) is 3.84. The standard InChI is InChI=1S/C19H25F4N5S.HI/c1-4-24-18(25-10-9-17-27-16(12-29-17)19(21,22)23)26-11-15(28(2)3)13-5-7-14(20)8-6-13;/h5-8,12,15H,4,9-11H2,1-3H3,(H2,24,25,26);1H. The molecule has 2 aromatic rings. The van der Waals surface area contributed by atoms with Crippen molar-refractivity contribution in [2.75, 3.05) is 33.7 Å². The van der Waals surface area contributed by atoms with E-state index in [1.54, 1.807) is 12.1 Å². The van der Waals surface area contributed by atoms with E-state index >= 15 is 0 Å². The van der Waals surface area contributed by atoms with E-state index in [1.807, 2.05) is 25.9 Å². The van der Waals surface area contributed by atoms with Crippen molar-refractivity contribution >= 4 is 41.3 Å². The number of nitrogens with zero attached hydrogens (tertiary/aromatic N) is 3. The molecule has 0 aliphatic rings. The van der Waals surface area contributed by atoms with Gasteiger partial charge in [-0.3, -0.25) is 4.99 Å². The molecular formula is C19H26F4IN5S. The first-order valence-electron chi connectivity index (χ1n) is 9.16. The van der Waals surface area contributed by atoms with Crippen molar-refractivity contribution in [2.24, 2.45) is 4.99 Å². The minimum atomic E-state index is -4.42. The van der Waals surface area contributed by atoms with Gasteiger partial charge in [0.05, 0.1) is 17.6 Å². The third kappa shape index (κ3) is 8.34. The van der Waals surface area contributed by atoms with E-state index in [0.29, 0.717) is 37.0 Å². The van der Waals surface area contributed by atoms with Crippen LogP contribution in [0.15, 0.2) is 34.6 Å². The van der Waals surface area contributed by atoms with Crippen LogP contribution < -0.4 is 10.6 Å². The summed E-state index contributed by atoms with van der Waals surface area (Å²) in [6.07, 6.45) is -4.06. The summed E-state index contributed by atoms with van der Waals surface area (Å²) < 4.78 is 51.1. The maximum atomic E-state index is 13.2. The van der Waals surface area contributed by atoms with Crippen LogP contribution in [0.3, 0.4) is 0 Å². The zero-order valence-corrected chi connectivity index (χ0v) is 20.1. The molecule has 0 aliphatic heterocycles. The molecule has 0 bridgehead atoms. The Bertz CT molecular complexity index is 793. The second kappa shape index (κ2) is 12.4. The molecule has 0 radical (unpaired) electrons. The lowest BCUT2D eigenvalue weighted by Crippen LogP contribution is -2.39. The van der Waals surface area contributed by atoms with Crippen molar-refractivity contribution in [2.45, 2.75) is 25.6 Å². The van der Waals surface area contributed by atoms with Gasteiger partial charge in [-0.2, -0.15) is 13.2 Å². The SMILES string of the molecule is CCNC(=NCC(c1ccc(F)cc1)N(C)C)NCCc1nc(C(F)(F)F)cs1.I. The van der Waals surface area contributed by atoms with Gasteiger partial charge in [0.15, 0.2) is 11.7 Å². The predicted molar refractivity (Wildman–Crippen MR) is 123 cm³/mol. The van der Waals surface area contributed by atoms with E-state index < -0.39 is 11.9 Å². The number of aliphatic imine (C=N–C) groups is 1. The van der Waals surface area contributed by atoms with Gasteiger partial charge in [0.2, 0.25) is 0 Å². The molecule has 5 nitrogen and oxygen atoms in total. The third-order valence-electron chi connectivity index (χ3n) is 4.12. The molecule has 1 unspecified atom stereocenters. The van der Waals surface area contributed by atoms with Crippen LogP contribution in [0.25, 0.3) is 0 Å². The van der Waals surface area contributed by atoms with Crippen molar-refractivity contribution in [1.82, 2.24) is 20.5 Å². The van der Waals surface area contributed by atoms with Gasteiger partial charge >= 0.3 is 6.18 Å². The largest absolute Gasteiger partial charge is 0.434 e. The highest BCUT2D eigenvalue weighted by atomic mass is 127. The topological polar surface area (TPSA) is 52.6 Å². The quantitative estimate of drug-likeness (QED) is 0.219. The molecule has 2 N–H and O–H groups in total. The Morgan fingerprint density at radius 2 is 1.87 bits per heavy atom. The molecule has 0 amide bonds. The van der Waals surface area contributed by atoms with Crippen LogP contribution in [0.4, 0.5) is 17.6 Å². The fourth-order valence-corrected chi connectivity index (χ4v) is 3.42. The molecule has 0 saturated heterocycles. The molecule has 1 aromatic carbocycles. The highest BCUT2D eigenvalue weighted by molar-refractivity contribution is 14.0. The van der Waals surface area contributed by atoms with Crippen LogP contribution in [0.5, 0.6) is 0 Å². The molecule has 1 heterocycles. The van der Waals surface area contributed by atoms with Gasteiger partial charge in [0, 0.05) is 24.9 Å². The molecule has 168 valence electrons. The Labute approximate surface area is 195 Å². The van der Waals surface area contributed by atoms with Gasteiger partial charge < -0.3 is 15.5 Å². The van der Waals surface area contributed by atoms with Gasteiger partial charge in [-0.05, 0) is 38.7 Å². The monoisotopic (exact) mass is 559 g/mol. The number of thiazole rings is 1. The van der Waals surface area contributed by atoms with E-state index in [1.165, 1.54) is 12.1 Å². The summed E-state index contributed by atoms with van der Waals surface area (Å²) in [6.45, 7) is 3.41. The van der Waals surface area contributed by atoms with Crippen LogP contribution in [0.2, 0.25) is 0 Å². The van der Waals surface area contributed by atoms with E-state index in [-0.39, 0.29) is 35.8 Å². The fraction of sp³-hybridized carbons (Fsp3) is 0.474. The first-order valence-corrected chi connectivity index (χ1v) is 10.0. The minimum absolute atomic E-state index is 0. The lowest BCUT2D eigenvalue weighted by Gasteiger charge is -2.23. The molecule has 0 fully saturated rings. The molecule has 1 atom stereocenters. The normalized spacial score (nSPS) is 13.1. The van der Waals surface area contributed by atoms with Crippen molar-refractivity contribution in [3.8, 4) is 0 Å². The van der Waals surface area contributed by atoms with E-state index in [2.05, 4.69) is 20.6 Å². The van der Waals surface area contributed by atoms with Crippen LogP contribution in [0.1, 0.15) is 29.2 Å². The average molecular weight is 559 g/mol. The van der Waals surface area contributed by atoms with Crippen LogP contribution in [-0.2, 0) is 12.6 Å². The third-order valence-corrected chi connectivity index (χ3v) is 5.03. The molecule has 30 heavy (non-hydrogen) atoms. The molecular weight excluding hydrogens is 533 g/mol. The first kappa shape index (κ1) is 26.6. The van der Waals surface area contributed by atoms with Gasteiger partial charge in [0.25, 0.3) is 0 Å². The summed E-state index contributed by atoms with van der Waals surface area (Å²) in [6, 6.07) is 6.26. The molecule has 0 spiro atoms. The van der Waals surface area contributed by atoms with Crippen molar-refractivity contribution in [3.63, 3.8) is 0 Å². The minimum Gasteiger partial charge on any atom is -0.357 e. The number of alkyl halides is 3. The predicted octanol–water partition coefficient (Wildman–Crippen LogP) is 4.32. The number of benzene rings is 1. The van der Waals surface area contributed by atoms with Crippen LogP contribution in [0, 0.1) is 5.82 Å². The number of aromatic nitrogens is 1. The van der Waals surface area contributed by atoms with Crippen LogP contribution in [-0.4, -0.2) is 49.6 Å². The zero-order chi connectivity index (χ0) is 21.4. The fourth-order valence-electron chi connectivity index (χ4n) is 2.62. The Kier molecular flexibility index (Phi) is 11.0. The van der Waals surface area contributed by atoms with Crippen molar-refractivity contribution < 1.29 is 17.6 Å². The molecule has 2 rings (SSSR count). The number of hydrogen-bond donors (Lipinski definition) is 2. The maximum absolute atomic E-state index is 13.2. The van der Waals surface area contributed by atoms with Gasteiger partial charge in [-0.15, -0.1) is 35.3 Å². The number of likely N-dealkylation sites (N-methyl/N-ethyl adjacent to an activating group) is 1. The summed E-state index contributed by atoms with van der Waals surface area (Å²) in [5.41, 5.74) is 0.0876. The van der Waals surface area contributed by atoms with Gasteiger partial charge in [-0.25, -0.2) is 9.37 Å². The second-order valence-electron chi connectivity index (χ2n) is 6.55. The van der Waals surface area contributed by atoms with E-state index in [0.717, 1.165) is 22.3 Å². The zero-order valence-electron chi connectivity index (χ0n) is 17.0. The number of guanidine groups is 1. The maximum Gasteiger partial charge on any atom is 0.434 e. The highest BCUT2D eigenvalue weighted by Crippen LogP contribution is 2.30. The molecule has 0 aliphatic carbocycles. The Morgan fingerprint density at radius 3 is 2.40 bits per heavy atom. The number of halogens is 5. The number of nitrogens with one attached hydrogen (secondary N) is 2. The van der Waals surface area contributed by atoms with E-state index in [9.17, 15) is 17.6 Å². The number of hydrogen-bond acceptors (Lipinski definition) is 4. The second-order valence-corrected chi connectivity index (χ2v) is 7.49. The number of rotatable bonds is 8.